The molecular weight excluding hydrogens is 124 g/mol. The van der Waals surface area contributed by atoms with Crippen molar-refractivity contribution < 1.29 is 0 Å². The van der Waals surface area contributed by atoms with Crippen LogP contribution in [0.25, 0.3) is 0 Å². The van der Waals surface area contributed by atoms with Gasteiger partial charge in [-0.15, -0.1) is 23.5 Å². The van der Waals surface area contributed by atoms with Crippen molar-refractivity contribution in [1.82, 2.24) is 0 Å². The highest BCUT2D eigenvalue weighted by Crippen LogP contribution is 2.43. The van der Waals surface area contributed by atoms with E-state index in [2.05, 4.69) is 24.7 Å². The van der Waals surface area contributed by atoms with Crippen LogP contribution >= 0.6 is 23.5 Å². The predicted molar refractivity (Wildman–Crippen MR) is 38.4 cm³/mol. The Morgan fingerprint density at radius 1 is 1.14 bits per heavy atom. The van der Waals surface area contributed by atoms with Gasteiger partial charge in [0.2, 0.25) is 0 Å². The number of rotatable bonds is 0. The Kier molecular flexibility index (Phi) is 1.39. The smallest absolute Gasteiger partial charge is 0.0637 e. The van der Waals surface area contributed by atoms with E-state index in [1.54, 1.807) is 0 Å². The normalized spacial score (nSPS) is 26.0. The van der Waals surface area contributed by atoms with Gasteiger partial charge in [-0.2, -0.15) is 0 Å². The maximum atomic E-state index is 2.22. The van der Waals surface area contributed by atoms with E-state index in [1.165, 1.54) is 0 Å². The Hall–Kier alpha value is 0.440. The zero-order chi connectivity index (χ0) is 5.33. The molecule has 0 unspecified atom stereocenters. The van der Waals surface area contributed by atoms with Gasteiger partial charge in [0, 0.05) is 0 Å². The van der Waals surface area contributed by atoms with Gasteiger partial charge in [-0.25, -0.2) is 0 Å². The number of hydrogen-bond acceptors (Lipinski definition) is 2. The molecule has 40 valence electrons. The molecule has 7 heavy (non-hydrogen) atoms. The van der Waals surface area contributed by atoms with Gasteiger partial charge < -0.3 is 0 Å². The van der Waals surface area contributed by atoms with E-state index >= 15 is 0 Å². The van der Waals surface area contributed by atoms with Crippen LogP contribution in [0.15, 0.2) is 10.8 Å². The molecule has 0 saturated heterocycles. The van der Waals surface area contributed by atoms with E-state index in [0.717, 1.165) is 0 Å². The Labute approximate surface area is 52.7 Å². The van der Waals surface area contributed by atoms with E-state index in [9.17, 15) is 0 Å². The molecule has 1 aliphatic rings. The predicted octanol–water partition coefficient (Wildman–Crippen LogP) is 2.67. The fourth-order valence-electron chi connectivity index (χ4n) is 0.411. The molecule has 0 saturated carbocycles. The van der Waals surface area contributed by atoms with Crippen molar-refractivity contribution in [3.8, 4) is 0 Å². The molecule has 0 spiro atoms. The lowest BCUT2D eigenvalue weighted by Crippen LogP contribution is -2.00. The van der Waals surface area contributed by atoms with Crippen LogP contribution in [0.2, 0.25) is 0 Å². The first-order chi connectivity index (χ1) is 3.21. The van der Waals surface area contributed by atoms with Crippen molar-refractivity contribution >= 4 is 23.5 Å². The van der Waals surface area contributed by atoms with Crippen molar-refractivity contribution in [3.63, 3.8) is 0 Å². The zero-order valence-electron chi connectivity index (χ0n) is 4.47. The molecule has 0 amide bonds. The lowest BCUT2D eigenvalue weighted by molar-refractivity contribution is 1.04. The summed E-state index contributed by atoms with van der Waals surface area (Å²) < 4.78 is 0.417. The minimum atomic E-state index is 0.417. The summed E-state index contributed by atoms with van der Waals surface area (Å²) in [6.45, 7) is 4.45. The summed E-state index contributed by atoms with van der Waals surface area (Å²) in [5.74, 6) is 0. The molecule has 0 fully saturated rings. The van der Waals surface area contributed by atoms with E-state index in [-0.39, 0.29) is 0 Å². The molecule has 1 aliphatic heterocycles. The van der Waals surface area contributed by atoms with Gasteiger partial charge in [0.05, 0.1) is 4.08 Å². The van der Waals surface area contributed by atoms with Gasteiger partial charge in [0.1, 0.15) is 0 Å². The highest BCUT2D eigenvalue weighted by atomic mass is 32.2. The van der Waals surface area contributed by atoms with Gasteiger partial charge in [0.15, 0.2) is 0 Å². The highest BCUT2D eigenvalue weighted by Gasteiger charge is 2.19. The summed E-state index contributed by atoms with van der Waals surface area (Å²) in [5.41, 5.74) is 0. The third kappa shape index (κ3) is 1.42. The maximum Gasteiger partial charge on any atom is 0.0637 e. The molecule has 0 aromatic rings. The quantitative estimate of drug-likeness (QED) is 0.497. The van der Waals surface area contributed by atoms with E-state index in [1.807, 2.05) is 23.5 Å². The maximum absolute atomic E-state index is 2.22. The summed E-state index contributed by atoms with van der Waals surface area (Å²) in [4.78, 5) is 0. The van der Waals surface area contributed by atoms with Crippen molar-refractivity contribution in [2.75, 3.05) is 0 Å². The Morgan fingerprint density at radius 3 is 1.71 bits per heavy atom. The molecule has 1 rings (SSSR count). The van der Waals surface area contributed by atoms with Gasteiger partial charge in [0.25, 0.3) is 0 Å². The molecule has 1 heterocycles. The first-order valence-corrected chi connectivity index (χ1v) is 3.97. The van der Waals surface area contributed by atoms with Crippen molar-refractivity contribution in [2.24, 2.45) is 0 Å². The van der Waals surface area contributed by atoms with Crippen molar-refractivity contribution in [2.45, 2.75) is 17.9 Å². The SMILES string of the molecule is CC1(C)SC=CS1. The second-order valence-electron chi connectivity index (χ2n) is 1.91. The third-order valence-electron chi connectivity index (χ3n) is 0.759. The minimum Gasteiger partial charge on any atom is -0.116 e. The molecule has 0 atom stereocenters. The molecule has 0 aromatic heterocycles. The largest absolute Gasteiger partial charge is 0.116 e. The minimum absolute atomic E-state index is 0.417. The molecule has 0 bridgehead atoms. The fourth-order valence-corrected chi connectivity index (χ4v) is 2.07. The zero-order valence-corrected chi connectivity index (χ0v) is 6.10. The molecule has 0 aromatic carbocycles. The van der Waals surface area contributed by atoms with Crippen molar-refractivity contribution in [1.29, 1.82) is 0 Å². The number of hydrogen-bond donors (Lipinski definition) is 0. The Bertz CT molecular complexity index is 84.3. The first-order valence-electron chi connectivity index (χ1n) is 2.21. The van der Waals surface area contributed by atoms with Gasteiger partial charge in [-0.1, -0.05) is 0 Å². The second kappa shape index (κ2) is 1.75. The second-order valence-corrected chi connectivity index (χ2v) is 5.22. The fraction of sp³-hybridized carbons (Fsp3) is 0.600. The third-order valence-corrected chi connectivity index (χ3v) is 3.19. The first kappa shape index (κ1) is 5.57. The summed E-state index contributed by atoms with van der Waals surface area (Å²) in [6, 6.07) is 0. The molecular formula is C5H8S2. The molecule has 0 N–H and O–H groups in total. The average Bonchev–Trinajstić information content (AvgIpc) is 1.84. The van der Waals surface area contributed by atoms with Gasteiger partial charge in [-0.05, 0) is 24.7 Å². The van der Waals surface area contributed by atoms with Crippen LogP contribution in [0.1, 0.15) is 13.8 Å². The highest BCUT2D eigenvalue weighted by molar-refractivity contribution is 8.23. The summed E-state index contributed by atoms with van der Waals surface area (Å²) in [7, 11) is 0. The average molecular weight is 132 g/mol. The van der Waals surface area contributed by atoms with Crippen LogP contribution < -0.4 is 0 Å². The number of thioether (sulfide) groups is 2. The van der Waals surface area contributed by atoms with Crippen LogP contribution in [0.5, 0.6) is 0 Å². The summed E-state index contributed by atoms with van der Waals surface area (Å²) >= 11 is 3.76. The van der Waals surface area contributed by atoms with Crippen LogP contribution in [0.4, 0.5) is 0 Å². The van der Waals surface area contributed by atoms with Gasteiger partial charge >= 0.3 is 0 Å². The Morgan fingerprint density at radius 2 is 1.57 bits per heavy atom. The van der Waals surface area contributed by atoms with Crippen LogP contribution in [-0.2, 0) is 0 Å². The lowest BCUT2D eigenvalue weighted by atomic mass is 10.5. The summed E-state index contributed by atoms with van der Waals surface area (Å²) in [6.07, 6.45) is 0. The molecule has 0 aliphatic carbocycles. The van der Waals surface area contributed by atoms with Gasteiger partial charge in [-0.3, -0.25) is 0 Å². The van der Waals surface area contributed by atoms with Crippen molar-refractivity contribution in [3.05, 3.63) is 10.8 Å². The van der Waals surface area contributed by atoms with E-state index in [0.29, 0.717) is 4.08 Å². The standard InChI is InChI=1S/C5H8S2/c1-5(2)6-3-4-7-5/h3-4H,1-2H3. The topological polar surface area (TPSA) is 0 Å². The van der Waals surface area contributed by atoms with E-state index in [4.69, 9.17) is 0 Å². The molecule has 2 heteroatoms. The van der Waals surface area contributed by atoms with Crippen LogP contribution in [-0.4, -0.2) is 4.08 Å². The summed E-state index contributed by atoms with van der Waals surface area (Å²) in [5, 5.41) is 4.29. The molecule has 0 radical (unpaired) electrons. The van der Waals surface area contributed by atoms with Crippen LogP contribution in [0.3, 0.4) is 0 Å². The lowest BCUT2D eigenvalue weighted by Gasteiger charge is -2.12. The monoisotopic (exact) mass is 132 g/mol. The van der Waals surface area contributed by atoms with E-state index < -0.39 is 0 Å². The Balaban J connectivity index is 2.49. The van der Waals surface area contributed by atoms with Crippen LogP contribution in [0, 0.1) is 0 Å². The molecule has 0 nitrogen and oxygen atoms in total.